The number of benzene rings is 3. The first kappa shape index (κ1) is 22.6. The van der Waals surface area contributed by atoms with E-state index in [1.54, 1.807) is 6.07 Å². The van der Waals surface area contributed by atoms with Crippen LogP contribution in [0.1, 0.15) is 16.7 Å². The van der Waals surface area contributed by atoms with Crippen molar-refractivity contribution in [3.8, 4) is 5.75 Å². The van der Waals surface area contributed by atoms with Crippen LogP contribution in [0.3, 0.4) is 0 Å². The van der Waals surface area contributed by atoms with Crippen molar-refractivity contribution in [3.05, 3.63) is 89.5 Å². The molecule has 1 heterocycles. The zero-order valence-electron chi connectivity index (χ0n) is 18.5. The summed E-state index contributed by atoms with van der Waals surface area (Å²) in [6.07, 6.45) is 0. The van der Waals surface area contributed by atoms with E-state index < -0.39 is 18.5 Å². The summed E-state index contributed by atoms with van der Waals surface area (Å²) in [5, 5.41) is 0.718. The van der Waals surface area contributed by atoms with Gasteiger partial charge in [-0.05, 0) is 48.7 Å². The summed E-state index contributed by atoms with van der Waals surface area (Å²) in [7, 11) is 0. The molecule has 0 bridgehead atoms. The first-order chi connectivity index (χ1) is 16.0. The fraction of sp³-hybridized carbons (Fsp3) is 0.192. The number of imidazole rings is 1. The van der Waals surface area contributed by atoms with Crippen molar-refractivity contribution in [3.63, 3.8) is 0 Å². The van der Waals surface area contributed by atoms with Gasteiger partial charge in [0.2, 0.25) is 0 Å². The number of nitrogens with zero attached hydrogens (tertiary/aromatic N) is 2. The zero-order valence-corrected chi connectivity index (χ0v) is 19.3. The van der Waals surface area contributed by atoms with E-state index in [9.17, 15) is 9.59 Å². The number of thioether (sulfide) groups is 1. The summed E-state index contributed by atoms with van der Waals surface area (Å²) in [6, 6.07) is 23.4. The first-order valence-electron chi connectivity index (χ1n) is 10.6. The molecule has 4 rings (SSSR count). The highest BCUT2D eigenvalue weighted by Gasteiger charge is 2.16. The van der Waals surface area contributed by atoms with Crippen LogP contribution in [0.25, 0.3) is 11.0 Å². The average Bonchev–Trinajstić information content (AvgIpc) is 3.17. The molecule has 0 amide bonds. The average molecular weight is 461 g/mol. The molecule has 0 atom stereocenters. The topological polar surface area (TPSA) is 70.4 Å². The molecule has 0 unspecified atom stereocenters. The Hall–Kier alpha value is -3.58. The standard InChI is InChI=1S/C26H24N2O4S/c1-18-9-8-14-23(19(18)2)32-24(29)16-31-25(30)17-33-26-27-21-12-6-7-13-22(21)28(26)15-20-10-4-3-5-11-20/h3-14H,15-17H2,1-2H3. The lowest BCUT2D eigenvalue weighted by Gasteiger charge is -2.10. The monoisotopic (exact) mass is 460 g/mol. The van der Waals surface area contributed by atoms with Gasteiger partial charge in [0.15, 0.2) is 11.8 Å². The van der Waals surface area contributed by atoms with Gasteiger partial charge in [-0.1, -0.05) is 66.4 Å². The molecule has 168 valence electrons. The highest BCUT2D eigenvalue weighted by molar-refractivity contribution is 7.99. The number of para-hydroxylation sites is 2. The Morgan fingerprint density at radius 3 is 2.48 bits per heavy atom. The van der Waals surface area contributed by atoms with Crippen molar-refractivity contribution in [2.45, 2.75) is 25.5 Å². The molecule has 4 aromatic rings. The first-order valence-corrected chi connectivity index (χ1v) is 11.5. The summed E-state index contributed by atoms with van der Waals surface area (Å²) >= 11 is 1.29. The van der Waals surface area contributed by atoms with Gasteiger partial charge in [-0.15, -0.1) is 0 Å². The molecule has 0 aliphatic carbocycles. The Bertz CT molecular complexity index is 1280. The second-order valence-electron chi connectivity index (χ2n) is 7.58. The molecule has 6 nitrogen and oxygen atoms in total. The van der Waals surface area contributed by atoms with Crippen molar-refractivity contribution >= 4 is 34.7 Å². The maximum absolute atomic E-state index is 12.3. The number of carbonyl (C=O) groups is 2. The van der Waals surface area contributed by atoms with E-state index in [2.05, 4.69) is 21.7 Å². The molecule has 7 heteroatoms. The largest absolute Gasteiger partial charge is 0.453 e. The van der Waals surface area contributed by atoms with Gasteiger partial charge in [0.1, 0.15) is 5.75 Å². The maximum Gasteiger partial charge on any atom is 0.349 e. The number of hydrogen-bond acceptors (Lipinski definition) is 6. The molecule has 0 radical (unpaired) electrons. The number of carbonyl (C=O) groups excluding carboxylic acids is 2. The Morgan fingerprint density at radius 1 is 0.909 bits per heavy atom. The third kappa shape index (κ3) is 5.62. The van der Waals surface area contributed by atoms with Crippen LogP contribution in [0.4, 0.5) is 0 Å². The quantitative estimate of drug-likeness (QED) is 0.211. The minimum Gasteiger partial charge on any atom is -0.453 e. The predicted molar refractivity (Wildman–Crippen MR) is 129 cm³/mol. The van der Waals surface area contributed by atoms with Crippen LogP contribution in [-0.2, 0) is 20.9 Å². The lowest BCUT2D eigenvalue weighted by Crippen LogP contribution is -2.20. The van der Waals surface area contributed by atoms with E-state index in [1.165, 1.54) is 11.8 Å². The third-order valence-corrected chi connectivity index (χ3v) is 6.20. The van der Waals surface area contributed by atoms with Gasteiger partial charge in [0.25, 0.3) is 0 Å². The molecule has 0 aliphatic rings. The van der Waals surface area contributed by atoms with Crippen molar-refractivity contribution in [2.75, 3.05) is 12.4 Å². The molecule has 0 spiro atoms. The summed E-state index contributed by atoms with van der Waals surface area (Å²) in [5.41, 5.74) is 4.90. The van der Waals surface area contributed by atoms with Crippen molar-refractivity contribution in [1.82, 2.24) is 9.55 Å². The van der Waals surface area contributed by atoms with E-state index in [-0.39, 0.29) is 5.75 Å². The summed E-state index contributed by atoms with van der Waals surface area (Å²) in [5.74, 6) is -0.607. The summed E-state index contributed by atoms with van der Waals surface area (Å²) < 4.78 is 12.5. The minimum absolute atomic E-state index is 0.0366. The van der Waals surface area contributed by atoms with Crippen LogP contribution in [-0.4, -0.2) is 33.8 Å². The molecular formula is C26H24N2O4S. The van der Waals surface area contributed by atoms with Crippen molar-refractivity contribution < 1.29 is 19.1 Å². The molecule has 3 aromatic carbocycles. The Kier molecular flexibility index (Phi) is 7.10. The van der Waals surface area contributed by atoms with Gasteiger partial charge < -0.3 is 14.0 Å². The molecule has 0 saturated heterocycles. The highest BCUT2D eigenvalue weighted by Crippen LogP contribution is 2.25. The van der Waals surface area contributed by atoms with Gasteiger partial charge in [0.05, 0.1) is 23.3 Å². The van der Waals surface area contributed by atoms with E-state index in [0.29, 0.717) is 12.3 Å². The normalized spacial score (nSPS) is 10.8. The lowest BCUT2D eigenvalue weighted by atomic mass is 10.1. The number of fused-ring (bicyclic) bond motifs is 1. The number of esters is 2. The highest BCUT2D eigenvalue weighted by atomic mass is 32.2. The number of aryl methyl sites for hydroxylation is 1. The molecule has 0 aliphatic heterocycles. The van der Waals surface area contributed by atoms with E-state index in [0.717, 1.165) is 32.9 Å². The molecular weight excluding hydrogens is 436 g/mol. The van der Waals surface area contributed by atoms with Gasteiger partial charge in [-0.2, -0.15) is 0 Å². The number of hydrogen-bond donors (Lipinski definition) is 0. The Morgan fingerprint density at radius 2 is 1.67 bits per heavy atom. The van der Waals surface area contributed by atoms with Crippen LogP contribution in [0, 0.1) is 13.8 Å². The second-order valence-corrected chi connectivity index (χ2v) is 8.52. The third-order valence-electron chi connectivity index (χ3n) is 5.25. The van der Waals surface area contributed by atoms with E-state index in [4.69, 9.17) is 9.47 Å². The van der Waals surface area contributed by atoms with E-state index >= 15 is 0 Å². The van der Waals surface area contributed by atoms with Crippen LogP contribution in [0.15, 0.2) is 78.0 Å². The summed E-state index contributed by atoms with van der Waals surface area (Å²) in [6.45, 7) is 4.02. The smallest absolute Gasteiger partial charge is 0.349 e. The van der Waals surface area contributed by atoms with Crippen LogP contribution in [0.5, 0.6) is 5.75 Å². The predicted octanol–water partition coefficient (Wildman–Crippen LogP) is 4.94. The molecule has 33 heavy (non-hydrogen) atoms. The molecule has 0 saturated carbocycles. The van der Waals surface area contributed by atoms with Gasteiger partial charge in [-0.25, -0.2) is 9.78 Å². The van der Waals surface area contributed by atoms with Crippen LogP contribution in [0.2, 0.25) is 0 Å². The molecule has 1 aromatic heterocycles. The minimum atomic E-state index is -0.613. The van der Waals surface area contributed by atoms with Crippen LogP contribution >= 0.6 is 11.8 Å². The van der Waals surface area contributed by atoms with Crippen LogP contribution < -0.4 is 4.74 Å². The van der Waals surface area contributed by atoms with Gasteiger partial charge in [0, 0.05) is 0 Å². The van der Waals surface area contributed by atoms with E-state index in [1.807, 2.05) is 68.4 Å². The Balaban J connectivity index is 1.37. The fourth-order valence-corrected chi connectivity index (χ4v) is 4.19. The fourth-order valence-electron chi connectivity index (χ4n) is 3.37. The van der Waals surface area contributed by atoms with Gasteiger partial charge >= 0.3 is 11.9 Å². The number of ether oxygens (including phenoxy) is 2. The summed E-state index contributed by atoms with van der Waals surface area (Å²) in [4.78, 5) is 29.1. The lowest BCUT2D eigenvalue weighted by molar-refractivity contribution is -0.151. The Labute approximate surface area is 196 Å². The second kappa shape index (κ2) is 10.4. The van der Waals surface area contributed by atoms with Gasteiger partial charge in [-0.3, -0.25) is 4.79 Å². The zero-order chi connectivity index (χ0) is 23.2. The molecule has 0 fully saturated rings. The SMILES string of the molecule is Cc1cccc(OC(=O)COC(=O)CSc2nc3ccccc3n2Cc2ccccc2)c1C. The number of aromatic nitrogens is 2. The number of rotatable bonds is 8. The molecule has 0 N–H and O–H groups in total. The van der Waals surface area contributed by atoms with Crippen molar-refractivity contribution in [1.29, 1.82) is 0 Å². The maximum atomic E-state index is 12.3. The van der Waals surface area contributed by atoms with Crippen molar-refractivity contribution in [2.24, 2.45) is 0 Å².